The van der Waals surface area contributed by atoms with E-state index in [-0.39, 0.29) is 33.4 Å². The van der Waals surface area contributed by atoms with Crippen LogP contribution in [-0.4, -0.2) is 119 Å². The van der Waals surface area contributed by atoms with E-state index in [0.29, 0.717) is 5.56 Å². The minimum Gasteiger partial charge on any atom is -0.458 e. The van der Waals surface area contributed by atoms with E-state index < -0.39 is 150 Å². The summed E-state index contributed by atoms with van der Waals surface area (Å²) in [4.78, 5) is 100. The number of rotatable bonds is 14. The number of alkyl halides is 3. The molecule has 2 saturated carbocycles. The highest BCUT2D eigenvalue weighted by Crippen LogP contribution is 2.65. The summed E-state index contributed by atoms with van der Waals surface area (Å²) in [7, 11) is 0. The molecule has 2 aliphatic heterocycles. The maximum Gasteiger partial charge on any atom is 0.399 e. The monoisotopic (exact) mass is 1080 g/mol. The lowest BCUT2D eigenvalue weighted by Crippen LogP contribution is -2.82. The first-order chi connectivity index (χ1) is 36.8. The van der Waals surface area contributed by atoms with E-state index in [9.17, 15) is 52.2 Å². The molecule has 1 saturated heterocycles. The Morgan fingerprint density at radius 3 is 1.85 bits per heavy atom. The number of carbonyl (C=O) groups is 7. The van der Waals surface area contributed by atoms with Crippen LogP contribution < -0.4 is 5.32 Å². The van der Waals surface area contributed by atoms with Crippen LogP contribution in [0.5, 0.6) is 0 Å². The lowest BCUT2D eigenvalue weighted by Gasteiger charge is -2.67. The zero-order chi connectivity index (χ0) is 56.3. The molecule has 3 aliphatic carbocycles. The average molecular weight is 1080 g/mol. The number of aliphatic hydroxyl groups excluding tert-OH is 1. The fourth-order valence-electron chi connectivity index (χ4n) is 12.1. The summed E-state index contributed by atoms with van der Waals surface area (Å²) in [6, 6.07) is 26.5. The van der Waals surface area contributed by atoms with Gasteiger partial charge >= 0.3 is 36.0 Å². The van der Waals surface area contributed by atoms with Crippen molar-refractivity contribution < 1.29 is 85.4 Å². The normalized spacial score (nSPS) is 29.0. The van der Waals surface area contributed by atoms with Crippen molar-refractivity contribution in [3.63, 3.8) is 0 Å². The third-order valence-electron chi connectivity index (χ3n) is 16.1. The Bertz CT molecular complexity index is 3080. The molecule has 4 aromatic carbocycles. The fraction of sp³-hybridized carbons (Fsp3) is 0.421. The van der Waals surface area contributed by atoms with E-state index in [0.717, 1.165) is 38.1 Å². The van der Waals surface area contributed by atoms with Crippen molar-refractivity contribution in [2.75, 3.05) is 6.61 Å². The third kappa shape index (κ3) is 9.76. The number of amides is 1. The predicted octanol–water partition coefficient (Wildman–Crippen LogP) is 7.04. The van der Waals surface area contributed by atoms with Gasteiger partial charge in [0.05, 0.1) is 35.1 Å². The second-order valence-corrected chi connectivity index (χ2v) is 21.0. The maximum absolute atomic E-state index is 16.3. The Balaban J connectivity index is 1.18. The predicted molar refractivity (Wildman–Crippen MR) is 265 cm³/mol. The van der Waals surface area contributed by atoms with E-state index in [1.165, 1.54) is 52.0 Å². The van der Waals surface area contributed by atoms with Crippen molar-refractivity contribution in [2.24, 2.45) is 27.0 Å². The highest BCUT2D eigenvalue weighted by atomic mass is 19.4. The van der Waals surface area contributed by atoms with E-state index in [1.807, 2.05) is 0 Å². The molecule has 1 amide bonds. The third-order valence-corrected chi connectivity index (χ3v) is 16.1. The first-order valence-electron chi connectivity index (χ1n) is 25.1. The number of ketones is 1. The first-order valence-corrected chi connectivity index (χ1v) is 25.1. The number of halogens is 3. The number of nitrogens with zero attached hydrogens (tertiary/aromatic N) is 2. The minimum atomic E-state index is -4.74. The van der Waals surface area contributed by atoms with Gasteiger partial charge in [-0.15, -0.1) is 0 Å². The van der Waals surface area contributed by atoms with Crippen LogP contribution in [0.1, 0.15) is 109 Å². The van der Waals surface area contributed by atoms with Crippen LogP contribution in [-0.2, 0) is 47.6 Å². The van der Waals surface area contributed by atoms with Crippen LogP contribution in [0, 0.1) is 16.7 Å². The zero-order valence-electron chi connectivity index (χ0n) is 43.1. The Morgan fingerprint density at radius 2 is 1.31 bits per heavy atom. The molecule has 9 rings (SSSR count). The number of fused-ring (bicyclic) bond motifs is 5. The molecule has 410 valence electrons. The Labute approximate surface area is 445 Å². The largest absolute Gasteiger partial charge is 0.458 e. The van der Waals surface area contributed by atoms with Gasteiger partial charge in [0.15, 0.2) is 29.8 Å². The number of hydrogen-bond donors (Lipinski definition) is 3. The molecule has 5 aliphatic rings. The molecular weight excluding hydrogens is 1020 g/mol. The Hall–Kier alpha value is -7.62. The topological polar surface area (TPSA) is 252 Å². The van der Waals surface area contributed by atoms with Gasteiger partial charge in [-0.05, 0) is 72.5 Å². The van der Waals surface area contributed by atoms with Crippen LogP contribution in [0.2, 0.25) is 0 Å². The van der Waals surface area contributed by atoms with Gasteiger partial charge in [0.2, 0.25) is 0 Å². The summed E-state index contributed by atoms with van der Waals surface area (Å²) >= 11 is 0. The van der Waals surface area contributed by atoms with Crippen molar-refractivity contribution in [2.45, 2.75) is 127 Å². The zero-order valence-corrected chi connectivity index (χ0v) is 43.1. The summed E-state index contributed by atoms with van der Waals surface area (Å²) < 4.78 is 79.6. The Kier molecular flexibility index (Phi) is 14.6. The lowest BCUT2D eigenvalue weighted by molar-refractivity contribution is -0.345. The number of ether oxygens (including phenoxy) is 6. The van der Waals surface area contributed by atoms with Gasteiger partial charge in [-0.1, -0.05) is 92.7 Å². The number of hydrogen-bond acceptors (Lipinski definition) is 17. The molecule has 21 heteroatoms. The van der Waals surface area contributed by atoms with Gasteiger partial charge in [-0.25, -0.2) is 14.4 Å². The van der Waals surface area contributed by atoms with E-state index >= 15 is 4.79 Å². The molecule has 78 heavy (non-hydrogen) atoms. The second kappa shape index (κ2) is 20.6. The molecule has 2 bridgehead atoms. The second-order valence-electron chi connectivity index (χ2n) is 21.0. The van der Waals surface area contributed by atoms with Crippen LogP contribution >= 0.6 is 0 Å². The van der Waals surface area contributed by atoms with Crippen LogP contribution in [0.15, 0.2) is 137 Å². The molecule has 0 aromatic heterocycles. The molecule has 2 heterocycles. The van der Waals surface area contributed by atoms with E-state index in [1.54, 1.807) is 66.7 Å². The highest BCUT2D eigenvalue weighted by Gasteiger charge is 2.79. The standard InChI is InChI=1S/C57H56F3N3O15/c1-29-37(75-52(71)43(66)42(33-16-10-7-11-17-33)61-49(68)34-18-12-8-13-19-34)27-56(72)47(77-51(70)35-20-14-9-15-21-35)45-54(6,46(67)44(74-30(2)64)40(29)53(56,4)5)38(26-39-55(45,28-73-39)78-31(3)65)76-50(69)36-24-22-32(23-25-36)41(48-62-63-48)57(58,59)60/h7-25,37-39,41-45,47-48,66,72H,26-28H2,1-6H3,(H,61,68)/t37-,38-,39+,41-,42-,43+,44+,45-,47-,54+,55-,56+/m0/s1. The fourth-order valence-corrected chi connectivity index (χ4v) is 12.1. The van der Waals surface area contributed by atoms with Gasteiger partial charge in [-0.2, -0.15) is 23.4 Å². The molecule has 3 fully saturated rings. The summed E-state index contributed by atoms with van der Waals surface area (Å²) in [5.41, 5.74) is -8.84. The van der Waals surface area contributed by atoms with Crippen molar-refractivity contribution in [1.82, 2.24) is 5.32 Å². The molecule has 0 radical (unpaired) electrons. The Morgan fingerprint density at radius 1 is 0.744 bits per heavy atom. The number of carbonyl (C=O) groups excluding carboxylic acids is 7. The molecule has 12 atom stereocenters. The van der Waals surface area contributed by atoms with Crippen molar-refractivity contribution in [3.8, 4) is 0 Å². The van der Waals surface area contributed by atoms with Crippen LogP contribution in [0.3, 0.4) is 0 Å². The molecule has 18 nitrogen and oxygen atoms in total. The molecule has 3 N–H and O–H groups in total. The van der Waals surface area contributed by atoms with Gasteiger partial charge in [-0.3, -0.25) is 19.2 Å². The highest BCUT2D eigenvalue weighted by molar-refractivity contribution is 5.97. The number of benzene rings is 4. The lowest BCUT2D eigenvalue weighted by atomic mass is 9.44. The molecular formula is C57H56F3N3O15. The summed E-state index contributed by atoms with van der Waals surface area (Å²) in [6.07, 6.45) is -17.9. The minimum absolute atomic E-state index is 0.0351. The van der Waals surface area contributed by atoms with Crippen molar-refractivity contribution >= 4 is 41.5 Å². The molecule has 0 unspecified atom stereocenters. The summed E-state index contributed by atoms with van der Waals surface area (Å²) in [6.45, 7) is 7.39. The van der Waals surface area contributed by atoms with E-state index in [4.69, 9.17) is 28.4 Å². The summed E-state index contributed by atoms with van der Waals surface area (Å²) in [5.74, 6) is -11.0. The van der Waals surface area contributed by atoms with Gasteiger partial charge in [0, 0.05) is 37.7 Å². The van der Waals surface area contributed by atoms with Gasteiger partial charge in [0.25, 0.3) is 5.91 Å². The van der Waals surface area contributed by atoms with E-state index in [2.05, 4.69) is 15.5 Å². The SMILES string of the molecule is CC(=O)O[C@H]1C(=O)[C@]2(C)[C@@H](OC(=O)c3ccc([C@@H](C4N=N4)C(F)(F)F)cc3)C[C@H]3OC[C@@]3(OC(C)=O)[C@H]2[C@H](OC(=O)c2ccccc2)[C@]2(O)C[C@H](OC(=O)[C@H](O)[C@@H](NC(=O)c3ccccc3)c3ccccc3)C(C)=C1C2(C)C. The quantitative estimate of drug-likeness (QED) is 0.0651. The molecule has 4 aromatic rings. The number of nitrogens with one attached hydrogen (secondary N) is 1. The first kappa shape index (κ1) is 55.1. The number of aliphatic hydroxyl groups is 2. The van der Waals surface area contributed by atoms with Gasteiger partial charge < -0.3 is 44.0 Å². The van der Waals surface area contributed by atoms with Gasteiger partial charge in [0.1, 0.15) is 35.9 Å². The van der Waals surface area contributed by atoms with Crippen molar-refractivity contribution in [1.29, 1.82) is 0 Å². The van der Waals surface area contributed by atoms with Crippen LogP contribution in [0.4, 0.5) is 13.2 Å². The number of esters is 5. The average Bonchev–Trinajstić information content (AvgIpc) is 4.31. The molecule has 0 spiro atoms. The van der Waals surface area contributed by atoms with Crippen molar-refractivity contribution in [3.05, 3.63) is 154 Å². The number of Topliss-reactive ketones (excluding diaryl/α,β-unsaturated/α-hetero) is 1. The summed E-state index contributed by atoms with van der Waals surface area (Å²) in [5, 5.41) is 35.7. The smallest absolute Gasteiger partial charge is 0.399 e. The maximum atomic E-state index is 16.3. The van der Waals surface area contributed by atoms with Crippen LogP contribution in [0.25, 0.3) is 0 Å².